The normalized spacial score (nSPS) is 10.5. The molecule has 0 spiro atoms. The van der Waals surface area contributed by atoms with Crippen LogP contribution in [0.4, 0.5) is 51.2 Å². The first kappa shape index (κ1) is 89.6. The Morgan fingerprint density at radius 1 is 0.307 bits per heavy atom. The summed E-state index contributed by atoms with van der Waals surface area (Å²) < 4.78 is 0. The number of ketones is 1. The summed E-state index contributed by atoms with van der Waals surface area (Å²) in [7, 11) is 0. The van der Waals surface area contributed by atoms with Crippen LogP contribution in [0.15, 0.2) is 474 Å². The zero-order valence-corrected chi connectivity index (χ0v) is 75.4. The zero-order valence-electron chi connectivity index (χ0n) is 70.6. The molecule has 2 radical (unpaired) electrons. The van der Waals surface area contributed by atoms with Crippen LogP contribution in [0.1, 0.15) is 30.5 Å². The minimum atomic E-state index is -0.125. The van der Waals surface area contributed by atoms with Gasteiger partial charge < -0.3 is 34.8 Å². The van der Waals surface area contributed by atoms with Gasteiger partial charge in [-0.05, 0) is 237 Å². The van der Waals surface area contributed by atoms with Gasteiger partial charge in [0, 0.05) is 116 Å². The molecule has 1 N–H and O–H groups in total. The summed E-state index contributed by atoms with van der Waals surface area (Å²) in [5.74, 6) is -0.0625. The monoisotopic (exact) mass is 2000 g/mol. The fourth-order valence-corrected chi connectivity index (χ4v) is 15.0. The number of hydrogen-bond donors (Lipinski definition) is 1. The van der Waals surface area contributed by atoms with Crippen molar-refractivity contribution < 1.29 is 50.1 Å². The van der Waals surface area contributed by atoms with Crippen LogP contribution < -0.4 is 14.7 Å². The third-order valence-corrected chi connectivity index (χ3v) is 21.1. The van der Waals surface area contributed by atoms with Gasteiger partial charge >= 0.3 is 0 Å². The third kappa shape index (κ3) is 23.2. The molecule has 0 unspecified atom stereocenters. The molecule has 622 valence electrons. The van der Waals surface area contributed by atoms with E-state index >= 15 is 0 Å². The number of allylic oxidation sites excluding steroid dienone is 2. The summed E-state index contributed by atoms with van der Waals surface area (Å²) in [6.45, 7) is 12.7. The van der Waals surface area contributed by atoms with Crippen molar-refractivity contribution in [3.8, 4) is 78.3 Å². The number of carbonyl (C=O) groups excluding carboxylic acids is 1. The molecule has 19 rings (SSSR count). The topological polar surface area (TPSA) is 85.7 Å². The van der Waals surface area contributed by atoms with Gasteiger partial charge in [-0.15, -0.1) is 107 Å². The summed E-state index contributed by atoms with van der Waals surface area (Å²) in [5.41, 5.74) is 28.8. The van der Waals surface area contributed by atoms with Crippen LogP contribution in [0.2, 0.25) is 0 Å². The number of aliphatic hydroxyl groups excluding tert-OH is 1. The van der Waals surface area contributed by atoms with Crippen molar-refractivity contribution in [2.75, 3.05) is 14.7 Å². The van der Waals surface area contributed by atoms with Gasteiger partial charge in [-0.1, -0.05) is 267 Å². The molecule has 127 heavy (non-hydrogen) atoms. The second-order valence-corrected chi connectivity index (χ2v) is 29.6. The molecule has 0 saturated heterocycles. The summed E-state index contributed by atoms with van der Waals surface area (Å²) in [4.78, 5) is 29.9. The standard InChI is InChI=1S/C56H40N2.C33H25N2.C12H10N.C11H8N.C5H8O2.2Ir/c1-3-17-47(18-4-1)57(51-37-29-45(30-38-51)55-23-11-15-43-13-7-9-21-53(43)55)49-33-25-41(26-34-49)42-27-35-50(36-28-42)58(48-19-5-2-6-20-48)52-39-31-46(32-40-52)56-24-12-16-44-14-8-10-22-54(44)56;1-3-25-11-17-30(18-12-25)35(31-19-13-26(4-2)14-20-31)32-21-15-27(16-22-32)28-8-7-9-29(24-28)33-10-5-6-23-34-33;1-10-6-5-9-13-12(10)11-7-3-2-4-8-11;1-2-6-10(7-3-1)11-8-4-5-9-12-11;1-4(6)3-5(2)7;;/h1-40H;3-8,10-24H,1-2H2;2-7,9H,1H3;1-6,8-9H;3,6H,1-2H3;;/q;3*-1;;;. The van der Waals surface area contributed by atoms with Crippen LogP contribution in [0.3, 0.4) is 0 Å². The number of anilines is 9. The Kier molecular flexibility index (Phi) is 31.6. The molecule has 3 aromatic heterocycles. The molecule has 0 aliphatic carbocycles. The van der Waals surface area contributed by atoms with Crippen molar-refractivity contribution >= 4 is 90.7 Å². The minimum absolute atomic E-state index is 0. The summed E-state index contributed by atoms with van der Waals surface area (Å²) in [6, 6.07) is 160. The maximum Gasteiger partial charge on any atom is 0.155 e. The molecule has 16 aromatic carbocycles. The predicted octanol–water partition coefficient (Wildman–Crippen LogP) is 31.3. The van der Waals surface area contributed by atoms with Crippen molar-refractivity contribution in [2.24, 2.45) is 0 Å². The van der Waals surface area contributed by atoms with Crippen molar-refractivity contribution in [2.45, 2.75) is 20.8 Å². The Labute approximate surface area is 772 Å². The third-order valence-electron chi connectivity index (χ3n) is 21.1. The first-order valence-corrected chi connectivity index (χ1v) is 41.5. The fraction of sp³-hybridized carbons (Fsp3) is 0.0256. The number of pyridine rings is 3. The molecule has 3 heterocycles. The van der Waals surface area contributed by atoms with E-state index in [-0.39, 0.29) is 51.8 Å². The number of para-hydroxylation sites is 2. The van der Waals surface area contributed by atoms with Crippen LogP contribution in [0.5, 0.6) is 0 Å². The molecule has 0 aliphatic heterocycles. The van der Waals surface area contributed by atoms with Crippen LogP contribution in [0, 0.1) is 25.1 Å². The molecular weight excluding hydrogens is 1910 g/mol. The summed E-state index contributed by atoms with van der Waals surface area (Å²) in [6.07, 6.45) is 10.3. The van der Waals surface area contributed by atoms with Gasteiger partial charge in [-0.2, -0.15) is 0 Å². The first-order chi connectivity index (χ1) is 61.5. The van der Waals surface area contributed by atoms with Crippen molar-refractivity contribution in [1.82, 2.24) is 15.0 Å². The molecule has 10 heteroatoms. The number of aromatic nitrogens is 3. The number of fused-ring (bicyclic) bond motifs is 2. The van der Waals surface area contributed by atoms with E-state index in [2.05, 4.69) is 402 Å². The number of benzene rings is 16. The Bertz CT molecular complexity index is 6440. The van der Waals surface area contributed by atoms with Gasteiger partial charge in [0.15, 0.2) is 5.78 Å². The largest absolute Gasteiger partial charge is 0.512 e. The number of hydrogen-bond acceptors (Lipinski definition) is 8. The van der Waals surface area contributed by atoms with Gasteiger partial charge in [0.1, 0.15) is 0 Å². The van der Waals surface area contributed by atoms with Gasteiger partial charge in [0.2, 0.25) is 0 Å². The van der Waals surface area contributed by atoms with Gasteiger partial charge in [-0.25, -0.2) is 0 Å². The van der Waals surface area contributed by atoms with Crippen molar-refractivity contribution in [3.05, 3.63) is 509 Å². The molecule has 0 atom stereocenters. The minimum Gasteiger partial charge on any atom is -0.512 e. The number of aliphatic hydroxyl groups is 1. The van der Waals surface area contributed by atoms with Crippen LogP contribution in [0.25, 0.3) is 112 Å². The SMILES string of the molecule is C=Cc1ccc(N(c2ccc(C=C)cc2)c2ccc(-c3cc[c-]c(-c4ccccn4)c3)cc2)cc1.CC(=O)C=C(C)O.Cc1cccnc1-c1[c-]cccc1.[Ir].[Ir].[c-]1ccccc1-c1ccccn1.c1ccc(N(c2ccc(-c3ccc(N(c4ccccc4)c4ccc(-c5cccc6ccccc56)cc4)cc3)cc2)c2ccc(-c3cccc4ccccc34)cc2)cc1. The number of rotatable bonds is 19. The quantitative estimate of drug-likeness (QED) is 0.0487. The molecule has 0 fully saturated rings. The second-order valence-electron chi connectivity index (χ2n) is 29.6. The number of aryl methyl sites for hydroxylation is 1. The van der Waals surface area contributed by atoms with Crippen LogP contribution >= 0.6 is 0 Å². The Morgan fingerprint density at radius 3 is 1.02 bits per heavy atom. The van der Waals surface area contributed by atoms with E-state index in [4.69, 9.17) is 5.11 Å². The van der Waals surface area contributed by atoms with Gasteiger partial charge in [0.25, 0.3) is 0 Å². The van der Waals surface area contributed by atoms with Crippen molar-refractivity contribution in [3.63, 3.8) is 0 Å². The zero-order chi connectivity index (χ0) is 85.9. The fourth-order valence-electron chi connectivity index (χ4n) is 15.0. The molecule has 0 amide bonds. The second kappa shape index (κ2) is 44.8. The Morgan fingerprint density at radius 2 is 0.646 bits per heavy atom. The van der Waals surface area contributed by atoms with Gasteiger partial charge in [-0.3, -0.25) is 4.79 Å². The van der Waals surface area contributed by atoms with Crippen molar-refractivity contribution in [1.29, 1.82) is 0 Å². The summed E-state index contributed by atoms with van der Waals surface area (Å²) in [5, 5.41) is 13.4. The maximum absolute atomic E-state index is 10.0. The van der Waals surface area contributed by atoms with E-state index in [1.165, 1.54) is 80.4 Å². The maximum atomic E-state index is 10.0. The molecule has 0 aliphatic rings. The van der Waals surface area contributed by atoms with E-state index in [9.17, 15) is 4.79 Å². The van der Waals surface area contributed by atoms with E-state index in [0.717, 1.165) is 107 Å². The first-order valence-electron chi connectivity index (χ1n) is 41.5. The molecule has 19 aromatic rings. The molecule has 0 bridgehead atoms. The van der Waals surface area contributed by atoms with Crippen LogP contribution in [-0.2, 0) is 45.0 Å². The predicted molar refractivity (Wildman–Crippen MR) is 525 cm³/mol. The Hall–Kier alpha value is -15.1. The smallest absolute Gasteiger partial charge is 0.155 e. The van der Waals surface area contributed by atoms with Crippen LogP contribution in [-0.4, -0.2) is 25.8 Å². The molecule has 8 nitrogen and oxygen atoms in total. The van der Waals surface area contributed by atoms with E-state index < -0.39 is 0 Å². The van der Waals surface area contributed by atoms with E-state index in [1.807, 2.05) is 122 Å². The molecule has 0 saturated carbocycles. The average molecular weight is 2000 g/mol. The van der Waals surface area contributed by atoms with E-state index in [0.29, 0.717) is 0 Å². The average Bonchev–Trinajstić information content (AvgIpc) is 0.899. The van der Waals surface area contributed by atoms with E-state index in [1.54, 1.807) is 6.20 Å². The number of nitrogens with zero attached hydrogens (tertiary/aromatic N) is 6. The summed E-state index contributed by atoms with van der Waals surface area (Å²) >= 11 is 0. The molecular formula is C117H91Ir2N6O2-3. The Balaban J connectivity index is 0.000000167. The van der Waals surface area contributed by atoms with Gasteiger partial charge in [0.05, 0.1) is 5.76 Å². The number of carbonyl (C=O) groups is 1.